The molecule has 1 heterocycles. The van der Waals surface area contributed by atoms with E-state index in [1.165, 1.54) is 0 Å². The van der Waals surface area contributed by atoms with Gasteiger partial charge in [-0.3, -0.25) is 9.89 Å². The average Bonchev–Trinajstić information content (AvgIpc) is 2.88. The van der Waals surface area contributed by atoms with Gasteiger partial charge >= 0.3 is 0 Å². The second-order valence-electron chi connectivity index (χ2n) is 5.62. The van der Waals surface area contributed by atoms with Gasteiger partial charge in [-0.25, -0.2) is 0 Å². The third-order valence-electron chi connectivity index (χ3n) is 3.22. The third-order valence-corrected chi connectivity index (χ3v) is 3.22. The van der Waals surface area contributed by atoms with Crippen LogP contribution in [0, 0.1) is 0 Å². The van der Waals surface area contributed by atoms with Crippen molar-refractivity contribution in [2.24, 2.45) is 0 Å². The number of benzene rings is 1. The lowest BCUT2D eigenvalue weighted by Crippen LogP contribution is -2.43. The fourth-order valence-corrected chi connectivity index (χ4v) is 2.26. The minimum absolute atomic E-state index is 0.113. The van der Waals surface area contributed by atoms with E-state index in [1.54, 1.807) is 6.07 Å². The lowest BCUT2D eigenvalue weighted by atomic mass is 9.99. The molecule has 0 atom stereocenters. The quantitative estimate of drug-likeness (QED) is 0.875. The fourth-order valence-electron chi connectivity index (χ4n) is 2.26. The number of aromatic amines is 1. The lowest BCUT2D eigenvalue weighted by molar-refractivity contribution is 0.0904. The van der Waals surface area contributed by atoms with Gasteiger partial charge in [-0.15, -0.1) is 0 Å². The van der Waals surface area contributed by atoms with Crippen molar-refractivity contribution in [3.8, 4) is 11.3 Å². The van der Waals surface area contributed by atoms with E-state index in [4.69, 9.17) is 0 Å². The Bertz CT molecular complexity index is 572. The summed E-state index contributed by atoms with van der Waals surface area (Å²) in [6, 6.07) is 11.6. The van der Waals surface area contributed by atoms with Crippen molar-refractivity contribution in [2.45, 2.75) is 39.2 Å². The summed E-state index contributed by atoms with van der Waals surface area (Å²) in [6.45, 7) is 6.17. The normalized spacial score (nSPS) is 11.3. The Morgan fingerprint density at radius 1 is 1.30 bits per heavy atom. The first-order chi connectivity index (χ1) is 9.52. The smallest absolute Gasteiger partial charge is 0.269 e. The highest BCUT2D eigenvalue weighted by molar-refractivity contribution is 5.93. The van der Waals surface area contributed by atoms with Gasteiger partial charge < -0.3 is 5.32 Å². The SMILES string of the molecule is CCCC(C)(C)NC(=O)c1cc(-c2ccccc2)n[nH]1. The molecule has 4 nitrogen and oxygen atoms in total. The predicted molar refractivity (Wildman–Crippen MR) is 80.5 cm³/mol. The molecular formula is C16H21N3O. The Morgan fingerprint density at radius 2 is 2.00 bits per heavy atom. The van der Waals surface area contributed by atoms with E-state index in [0.29, 0.717) is 5.69 Å². The van der Waals surface area contributed by atoms with Gasteiger partial charge in [0.05, 0.1) is 5.69 Å². The number of carbonyl (C=O) groups excluding carboxylic acids is 1. The zero-order valence-corrected chi connectivity index (χ0v) is 12.2. The number of carbonyl (C=O) groups is 1. The molecule has 1 amide bonds. The molecule has 1 aromatic carbocycles. The van der Waals surface area contributed by atoms with Crippen molar-refractivity contribution >= 4 is 5.91 Å². The lowest BCUT2D eigenvalue weighted by Gasteiger charge is -2.25. The Balaban J connectivity index is 2.11. The molecule has 0 fully saturated rings. The number of H-pyrrole nitrogens is 1. The summed E-state index contributed by atoms with van der Waals surface area (Å²) >= 11 is 0. The Morgan fingerprint density at radius 3 is 2.65 bits per heavy atom. The molecule has 0 unspecified atom stereocenters. The van der Waals surface area contributed by atoms with Crippen LogP contribution in [0.25, 0.3) is 11.3 Å². The highest BCUT2D eigenvalue weighted by Crippen LogP contribution is 2.18. The van der Waals surface area contributed by atoms with E-state index < -0.39 is 0 Å². The molecule has 20 heavy (non-hydrogen) atoms. The standard InChI is InChI=1S/C16H21N3O/c1-4-10-16(2,3)17-15(20)14-11-13(18-19-14)12-8-6-5-7-9-12/h5-9,11H,4,10H2,1-3H3,(H,17,20)(H,18,19). The molecule has 1 aromatic heterocycles. The molecule has 2 N–H and O–H groups in total. The molecule has 0 aliphatic rings. The number of hydrogen-bond donors (Lipinski definition) is 2. The van der Waals surface area contributed by atoms with Gasteiger partial charge in [-0.2, -0.15) is 5.10 Å². The molecule has 0 spiro atoms. The van der Waals surface area contributed by atoms with Crippen LogP contribution in [0.3, 0.4) is 0 Å². The summed E-state index contributed by atoms with van der Waals surface area (Å²) in [5.74, 6) is -0.113. The number of amides is 1. The van der Waals surface area contributed by atoms with Gasteiger partial charge in [-0.1, -0.05) is 43.7 Å². The maximum atomic E-state index is 12.2. The molecule has 0 aliphatic heterocycles. The molecule has 0 aliphatic carbocycles. The van der Waals surface area contributed by atoms with Crippen LogP contribution in [0.4, 0.5) is 0 Å². The number of rotatable bonds is 5. The first kappa shape index (κ1) is 14.3. The number of aromatic nitrogens is 2. The largest absolute Gasteiger partial charge is 0.346 e. The summed E-state index contributed by atoms with van der Waals surface area (Å²) in [4.78, 5) is 12.2. The average molecular weight is 271 g/mol. The first-order valence-corrected chi connectivity index (χ1v) is 6.95. The predicted octanol–water partition coefficient (Wildman–Crippen LogP) is 3.39. The monoisotopic (exact) mass is 271 g/mol. The van der Waals surface area contributed by atoms with Gasteiger partial charge in [-0.05, 0) is 26.3 Å². The highest BCUT2D eigenvalue weighted by Gasteiger charge is 2.21. The van der Waals surface area contributed by atoms with Crippen LogP contribution in [0.2, 0.25) is 0 Å². The highest BCUT2D eigenvalue weighted by atomic mass is 16.2. The zero-order valence-electron chi connectivity index (χ0n) is 12.2. The summed E-state index contributed by atoms with van der Waals surface area (Å²) < 4.78 is 0. The molecule has 4 heteroatoms. The van der Waals surface area contributed by atoms with Crippen molar-refractivity contribution in [1.82, 2.24) is 15.5 Å². The van der Waals surface area contributed by atoms with E-state index in [-0.39, 0.29) is 11.4 Å². The van der Waals surface area contributed by atoms with Gasteiger partial charge in [0.25, 0.3) is 5.91 Å². The van der Waals surface area contributed by atoms with Crippen molar-refractivity contribution in [3.05, 3.63) is 42.1 Å². The summed E-state index contributed by atoms with van der Waals surface area (Å²) in [5, 5.41) is 10.0. The van der Waals surface area contributed by atoms with Crippen LogP contribution in [0.15, 0.2) is 36.4 Å². The van der Waals surface area contributed by atoms with Gasteiger partial charge in [0, 0.05) is 11.1 Å². The first-order valence-electron chi connectivity index (χ1n) is 6.95. The van der Waals surface area contributed by atoms with Crippen LogP contribution in [0.1, 0.15) is 44.1 Å². The molecule has 0 radical (unpaired) electrons. The summed E-state index contributed by atoms with van der Waals surface area (Å²) in [6.07, 6.45) is 1.98. The Kier molecular flexibility index (Phi) is 4.23. The molecule has 0 saturated carbocycles. The van der Waals surface area contributed by atoms with Crippen molar-refractivity contribution in [3.63, 3.8) is 0 Å². The molecular weight excluding hydrogens is 250 g/mol. The molecule has 0 bridgehead atoms. The van der Waals surface area contributed by atoms with Crippen LogP contribution in [-0.4, -0.2) is 21.6 Å². The van der Waals surface area contributed by atoms with Crippen LogP contribution in [0.5, 0.6) is 0 Å². The maximum absolute atomic E-state index is 12.2. The van der Waals surface area contributed by atoms with Crippen LogP contribution >= 0.6 is 0 Å². The molecule has 106 valence electrons. The van der Waals surface area contributed by atoms with Crippen molar-refractivity contribution in [2.75, 3.05) is 0 Å². The maximum Gasteiger partial charge on any atom is 0.269 e. The number of nitrogens with one attached hydrogen (secondary N) is 2. The van der Waals surface area contributed by atoms with E-state index in [9.17, 15) is 4.79 Å². The van der Waals surface area contributed by atoms with Gasteiger partial charge in [0.1, 0.15) is 5.69 Å². The topological polar surface area (TPSA) is 57.8 Å². The fraction of sp³-hybridized carbons (Fsp3) is 0.375. The van der Waals surface area contributed by atoms with Crippen LogP contribution < -0.4 is 5.32 Å². The van der Waals surface area contributed by atoms with E-state index in [2.05, 4.69) is 22.4 Å². The minimum atomic E-state index is -0.205. The second-order valence-corrected chi connectivity index (χ2v) is 5.62. The minimum Gasteiger partial charge on any atom is -0.346 e. The number of nitrogens with zero attached hydrogens (tertiary/aromatic N) is 1. The summed E-state index contributed by atoms with van der Waals surface area (Å²) in [5.41, 5.74) is 2.07. The third kappa shape index (κ3) is 3.47. The van der Waals surface area contributed by atoms with E-state index >= 15 is 0 Å². The van der Waals surface area contributed by atoms with E-state index in [0.717, 1.165) is 24.1 Å². The van der Waals surface area contributed by atoms with Crippen molar-refractivity contribution in [1.29, 1.82) is 0 Å². The molecule has 2 rings (SSSR count). The van der Waals surface area contributed by atoms with Gasteiger partial charge in [0.2, 0.25) is 0 Å². The second kappa shape index (κ2) is 5.90. The number of hydrogen-bond acceptors (Lipinski definition) is 2. The summed E-state index contributed by atoms with van der Waals surface area (Å²) in [7, 11) is 0. The Hall–Kier alpha value is -2.10. The zero-order chi connectivity index (χ0) is 14.6. The van der Waals surface area contributed by atoms with E-state index in [1.807, 2.05) is 44.2 Å². The molecule has 0 saturated heterocycles. The van der Waals surface area contributed by atoms with Crippen molar-refractivity contribution < 1.29 is 4.79 Å². The Labute approximate surface area is 119 Å². The van der Waals surface area contributed by atoms with Crippen LogP contribution in [-0.2, 0) is 0 Å². The molecule has 2 aromatic rings. The van der Waals surface area contributed by atoms with Gasteiger partial charge in [0.15, 0.2) is 0 Å².